The highest BCUT2D eigenvalue weighted by Gasteiger charge is 2.30. The lowest BCUT2D eigenvalue weighted by atomic mass is 10.0. The summed E-state index contributed by atoms with van der Waals surface area (Å²) in [7, 11) is -1.01. The number of hydrogen-bond donors (Lipinski definition) is 1. The zero-order chi connectivity index (χ0) is 32.3. The van der Waals surface area contributed by atoms with Crippen molar-refractivity contribution < 1.29 is 35.2 Å². The molecule has 0 atom stereocenters. The molecule has 3 heterocycles. The van der Waals surface area contributed by atoms with Gasteiger partial charge in [-0.2, -0.15) is 13.2 Å². The third-order valence-electron chi connectivity index (χ3n) is 7.38. The Morgan fingerprint density at radius 3 is 2.27 bits per heavy atom. The van der Waals surface area contributed by atoms with Crippen LogP contribution in [0.1, 0.15) is 15.9 Å². The summed E-state index contributed by atoms with van der Waals surface area (Å²) < 4.78 is 87.3. The number of anilines is 1. The number of benzene rings is 3. The molecule has 1 N–H and O–H groups in total. The molecular formula is C31H23F4N5O4S. The van der Waals surface area contributed by atoms with Gasteiger partial charge in [-0.3, -0.25) is 18.5 Å². The largest absolute Gasteiger partial charge is 0.455 e. The van der Waals surface area contributed by atoms with E-state index in [-0.39, 0.29) is 28.3 Å². The molecule has 0 bridgehead atoms. The summed E-state index contributed by atoms with van der Waals surface area (Å²) in [5.41, 5.74) is 2.03. The fourth-order valence-corrected chi connectivity index (χ4v) is 5.51. The van der Waals surface area contributed by atoms with Crippen molar-refractivity contribution in [3.05, 3.63) is 96.2 Å². The average molecular weight is 638 g/mol. The van der Waals surface area contributed by atoms with Gasteiger partial charge in [0.2, 0.25) is 10.0 Å². The van der Waals surface area contributed by atoms with Crippen LogP contribution in [0, 0.1) is 5.82 Å². The van der Waals surface area contributed by atoms with Crippen molar-refractivity contribution in [2.45, 2.75) is 6.18 Å². The van der Waals surface area contributed by atoms with Gasteiger partial charge in [0.15, 0.2) is 5.65 Å². The van der Waals surface area contributed by atoms with Crippen molar-refractivity contribution in [2.24, 2.45) is 0 Å². The van der Waals surface area contributed by atoms with Crippen LogP contribution in [-0.2, 0) is 16.2 Å². The zero-order valence-electron chi connectivity index (χ0n) is 23.8. The Labute approximate surface area is 253 Å². The first-order chi connectivity index (χ1) is 21.3. The number of halogens is 4. The quantitative estimate of drug-likeness (QED) is 0.212. The molecule has 6 aromatic rings. The van der Waals surface area contributed by atoms with E-state index in [1.54, 1.807) is 16.7 Å². The first-order valence-electron chi connectivity index (χ1n) is 13.3. The SMILES string of the molecule is CNC(=O)c1c(-c2ccc(F)cc2)oc2cc(N(C)S(C)(=O)=O)c(-c3cn4c(-c5ccc(C(F)(F)F)cc5)cnc4cn3)cc12. The molecule has 230 valence electrons. The van der Waals surface area contributed by atoms with E-state index in [0.29, 0.717) is 33.4 Å². The van der Waals surface area contributed by atoms with E-state index in [1.165, 1.54) is 69.0 Å². The smallest absolute Gasteiger partial charge is 0.416 e. The Morgan fingerprint density at radius 1 is 0.978 bits per heavy atom. The van der Waals surface area contributed by atoms with Crippen molar-refractivity contribution >= 4 is 38.2 Å². The van der Waals surface area contributed by atoms with E-state index in [4.69, 9.17) is 4.42 Å². The minimum Gasteiger partial charge on any atom is -0.455 e. The highest BCUT2D eigenvalue weighted by molar-refractivity contribution is 7.92. The van der Waals surface area contributed by atoms with Gasteiger partial charge < -0.3 is 9.73 Å². The third kappa shape index (κ3) is 5.37. The van der Waals surface area contributed by atoms with Crippen LogP contribution in [-0.4, -0.2) is 49.0 Å². The van der Waals surface area contributed by atoms with Crippen molar-refractivity contribution in [2.75, 3.05) is 24.7 Å². The molecule has 3 aromatic carbocycles. The lowest BCUT2D eigenvalue weighted by Crippen LogP contribution is -2.25. The van der Waals surface area contributed by atoms with Gasteiger partial charge in [0, 0.05) is 48.4 Å². The minimum absolute atomic E-state index is 0.142. The number of alkyl halides is 3. The fourth-order valence-electron chi connectivity index (χ4n) is 5.00. The summed E-state index contributed by atoms with van der Waals surface area (Å²) >= 11 is 0. The van der Waals surface area contributed by atoms with Crippen LogP contribution < -0.4 is 9.62 Å². The maximum absolute atomic E-state index is 13.7. The standard InChI is InChI=1S/C31H23F4N5O4S/c1-36-30(41)28-22-12-21(24(39(2)45(3,42)43)13-26(22)44-29(28)18-6-10-20(32)11-7-18)23-16-40-25(14-38-27(40)15-37-23)17-4-8-19(9-5-17)31(33,34)35/h4-16H,1-3H3,(H,36,41). The zero-order valence-corrected chi connectivity index (χ0v) is 24.7. The van der Waals surface area contributed by atoms with Gasteiger partial charge in [-0.1, -0.05) is 12.1 Å². The van der Waals surface area contributed by atoms with Gasteiger partial charge in [0.1, 0.15) is 17.2 Å². The van der Waals surface area contributed by atoms with Gasteiger partial charge >= 0.3 is 6.18 Å². The van der Waals surface area contributed by atoms with E-state index in [1.807, 2.05) is 0 Å². The molecular weight excluding hydrogens is 614 g/mol. The van der Waals surface area contributed by atoms with E-state index >= 15 is 0 Å². The normalized spacial score (nSPS) is 12.2. The molecule has 0 unspecified atom stereocenters. The summed E-state index contributed by atoms with van der Waals surface area (Å²) in [6.07, 6.45) is 1.04. The predicted octanol–water partition coefficient (Wildman–Crippen LogP) is 6.39. The summed E-state index contributed by atoms with van der Waals surface area (Å²) in [5.74, 6) is -0.824. The number of imidazole rings is 1. The molecule has 0 aliphatic rings. The molecule has 14 heteroatoms. The monoisotopic (exact) mass is 637 g/mol. The molecule has 0 aliphatic heterocycles. The van der Waals surface area contributed by atoms with Crippen molar-refractivity contribution in [1.29, 1.82) is 0 Å². The molecule has 45 heavy (non-hydrogen) atoms. The number of carbonyl (C=O) groups is 1. The second-order valence-electron chi connectivity index (χ2n) is 10.2. The molecule has 0 aliphatic carbocycles. The summed E-state index contributed by atoms with van der Waals surface area (Å²) in [6, 6.07) is 13.0. The van der Waals surface area contributed by atoms with E-state index in [9.17, 15) is 30.8 Å². The number of carbonyl (C=O) groups excluding carboxylic acids is 1. The Kier molecular flexibility index (Phi) is 7.11. The summed E-state index contributed by atoms with van der Waals surface area (Å²) in [4.78, 5) is 22.0. The summed E-state index contributed by atoms with van der Waals surface area (Å²) in [5, 5.41) is 2.92. The molecule has 0 saturated heterocycles. The fraction of sp³-hybridized carbons (Fsp3) is 0.129. The van der Waals surface area contributed by atoms with Crippen LogP contribution in [0.5, 0.6) is 0 Å². The predicted molar refractivity (Wildman–Crippen MR) is 161 cm³/mol. The molecule has 0 spiro atoms. The van der Waals surface area contributed by atoms with Crippen molar-refractivity contribution in [3.63, 3.8) is 0 Å². The molecule has 0 fully saturated rings. The maximum atomic E-state index is 13.7. The highest BCUT2D eigenvalue weighted by Crippen LogP contribution is 2.41. The number of sulfonamides is 1. The van der Waals surface area contributed by atoms with Gasteiger partial charge in [0.05, 0.1) is 46.9 Å². The highest BCUT2D eigenvalue weighted by atomic mass is 32.2. The number of nitrogens with one attached hydrogen (secondary N) is 1. The van der Waals surface area contributed by atoms with Gasteiger partial charge in [-0.05, 0) is 42.5 Å². The number of fused-ring (bicyclic) bond motifs is 2. The van der Waals surface area contributed by atoms with Gasteiger partial charge in [0.25, 0.3) is 5.91 Å². The van der Waals surface area contributed by atoms with Gasteiger partial charge in [-0.15, -0.1) is 0 Å². The van der Waals surface area contributed by atoms with Crippen LogP contribution in [0.3, 0.4) is 0 Å². The van der Waals surface area contributed by atoms with Gasteiger partial charge in [-0.25, -0.2) is 17.8 Å². The molecule has 9 nitrogen and oxygen atoms in total. The van der Waals surface area contributed by atoms with E-state index in [2.05, 4.69) is 15.3 Å². The molecule has 0 saturated carbocycles. The first kappa shape index (κ1) is 29.8. The van der Waals surface area contributed by atoms with Crippen LogP contribution in [0.2, 0.25) is 0 Å². The average Bonchev–Trinajstić information content (AvgIpc) is 3.60. The van der Waals surface area contributed by atoms with Crippen molar-refractivity contribution in [1.82, 2.24) is 19.7 Å². The number of rotatable bonds is 6. The number of furan rings is 1. The molecule has 3 aromatic heterocycles. The Bertz CT molecular complexity index is 2210. The second-order valence-corrected chi connectivity index (χ2v) is 12.2. The lowest BCUT2D eigenvalue weighted by molar-refractivity contribution is -0.137. The molecule has 0 radical (unpaired) electrons. The number of amides is 1. The Morgan fingerprint density at radius 2 is 1.64 bits per heavy atom. The lowest BCUT2D eigenvalue weighted by Gasteiger charge is -2.20. The Balaban J connectivity index is 1.59. The van der Waals surface area contributed by atoms with Crippen molar-refractivity contribution in [3.8, 4) is 33.8 Å². The topological polar surface area (TPSA) is 110 Å². The Hall–Kier alpha value is -5.24. The summed E-state index contributed by atoms with van der Waals surface area (Å²) in [6.45, 7) is 0. The molecule has 6 rings (SSSR count). The second kappa shape index (κ2) is 10.7. The van der Waals surface area contributed by atoms with Crippen LogP contribution in [0.4, 0.5) is 23.2 Å². The van der Waals surface area contributed by atoms with E-state index < -0.39 is 33.5 Å². The third-order valence-corrected chi connectivity index (χ3v) is 8.58. The maximum Gasteiger partial charge on any atom is 0.416 e. The molecule has 1 amide bonds. The van der Waals surface area contributed by atoms with Crippen LogP contribution in [0.25, 0.3) is 50.5 Å². The number of nitrogens with zero attached hydrogens (tertiary/aromatic N) is 4. The number of aromatic nitrogens is 3. The number of hydrogen-bond acceptors (Lipinski definition) is 6. The van der Waals surface area contributed by atoms with E-state index in [0.717, 1.165) is 22.7 Å². The minimum atomic E-state index is -4.49. The first-order valence-corrected chi connectivity index (χ1v) is 15.1. The van der Waals surface area contributed by atoms with Crippen LogP contribution >= 0.6 is 0 Å². The van der Waals surface area contributed by atoms with Crippen LogP contribution in [0.15, 0.2) is 83.7 Å².